The molecule has 0 spiro atoms. The Kier molecular flexibility index (Phi) is 6.18. The van der Waals surface area contributed by atoms with E-state index in [1.165, 1.54) is 17.8 Å². The monoisotopic (exact) mass is 475 g/mol. The van der Waals surface area contributed by atoms with Crippen molar-refractivity contribution in [2.24, 2.45) is 0 Å². The van der Waals surface area contributed by atoms with Gasteiger partial charge in [0.2, 0.25) is 0 Å². The number of hydrogen-bond donors (Lipinski definition) is 1. The van der Waals surface area contributed by atoms with E-state index < -0.39 is 10.0 Å². The maximum absolute atomic E-state index is 12.9. The van der Waals surface area contributed by atoms with E-state index >= 15 is 0 Å². The van der Waals surface area contributed by atoms with Crippen molar-refractivity contribution in [1.29, 1.82) is 0 Å². The van der Waals surface area contributed by atoms with Crippen LogP contribution in [0.5, 0.6) is 0 Å². The Hall–Kier alpha value is -2.23. The Morgan fingerprint density at radius 3 is 2.61 bits per heavy atom. The summed E-state index contributed by atoms with van der Waals surface area (Å²) in [5.74, 6) is 0.0283. The van der Waals surface area contributed by atoms with E-state index in [0.717, 1.165) is 54.0 Å². The second kappa shape index (κ2) is 8.72. The number of thiophene rings is 1. The highest BCUT2D eigenvalue weighted by Gasteiger charge is 2.25. The van der Waals surface area contributed by atoms with Crippen LogP contribution in [-0.4, -0.2) is 37.3 Å². The molecular formula is C22H25N3O3S3. The minimum absolute atomic E-state index is 0.0283. The Morgan fingerprint density at radius 2 is 1.87 bits per heavy atom. The van der Waals surface area contributed by atoms with Crippen molar-refractivity contribution in [3.05, 3.63) is 51.3 Å². The van der Waals surface area contributed by atoms with Gasteiger partial charge in [0.25, 0.3) is 15.9 Å². The van der Waals surface area contributed by atoms with Gasteiger partial charge in [-0.05, 0) is 63.3 Å². The van der Waals surface area contributed by atoms with Gasteiger partial charge in [-0.25, -0.2) is 13.4 Å². The van der Waals surface area contributed by atoms with Gasteiger partial charge in [0, 0.05) is 24.0 Å². The number of aromatic nitrogens is 1. The molecule has 1 fully saturated rings. The van der Waals surface area contributed by atoms with Crippen LogP contribution in [0.4, 0.5) is 5.69 Å². The summed E-state index contributed by atoms with van der Waals surface area (Å²) in [6.07, 6.45) is 3.24. The van der Waals surface area contributed by atoms with Crippen LogP contribution >= 0.6 is 22.7 Å². The Morgan fingerprint density at radius 1 is 1.13 bits per heavy atom. The average Bonchev–Trinajstić information content (AvgIpc) is 3.39. The van der Waals surface area contributed by atoms with E-state index in [4.69, 9.17) is 0 Å². The van der Waals surface area contributed by atoms with Crippen molar-refractivity contribution in [2.45, 2.75) is 44.2 Å². The van der Waals surface area contributed by atoms with Gasteiger partial charge in [0.15, 0.2) is 0 Å². The standard InChI is InChI=1S/C22H25N3O3S3/c1-14-8-7-9-18(15(14)2)24-31(27,28)19-12-17(13-29-19)21-23-16(3)20(30-21)22(26)25-10-5-4-6-11-25/h7-9,12-13,24H,4-6,10-11H2,1-3H3. The third-order valence-corrected chi connectivity index (χ3v) is 9.57. The second-order valence-electron chi connectivity index (χ2n) is 7.79. The zero-order chi connectivity index (χ0) is 22.2. The predicted molar refractivity (Wildman–Crippen MR) is 127 cm³/mol. The molecule has 31 heavy (non-hydrogen) atoms. The molecule has 1 aliphatic heterocycles. The number of benzene rings is 1. The largest absolute Gasteiger partial charge is 0.338 e. The summed E-state index contributed by atoms with van der Waals surface area (Å²) in [6.45, 7) is 7.26. The summed E-state index contributed by atoms with van der Waals surface area (Å²) in [5.41, 5.74) is 3.92. The molecule has 0 bridgehead atoms. The quantitative estimate of drug-likeness (QED) is 0.548. The van der Waals surface area contributed by atoms with Gasteiger partial charge in [0.05, 0.1) is 11.4 Å². The molecule has 4 rings (SSSR count). The number of likely N-dealkylation sites (tertiary alicyclic amines) is 1. The number of carbonyl (C=O) groups excluding carboxylic acids is 1. The van der Waals surface area contributed by atoms with E-state index in [2.05, 4.69) is 9.71 Å². The minimum Gasteiger partial charge on any atom is -0.338 e. The van der Waals surface area contributed by atoms with Crippen molar-refractivity contribution in [2.75, 3.05) is 17.8 Å². The highest BCUT2D eigenvalue weighted by molar-refractivity contribution is 7.94. The van der Waals surface area contributed by atoms with E-state index in [1.807, 2.05) is 37.8 Å². The molecule has 164 valence electrons. The molecule has 6 nitrogen and oxygen atoms in total. The van der Waals surface area contributed by atoms with Crippen LogP contribution in [0.1, 0.15) is 45.8 Å². The normalized spacial score (nSPS) is 14.6. The minimum atomic E-state index is -3.71. The molecule has 1 N–H and O–H groups in total. The van der Waals surface area contributed by atoms with Gasteiger partial charge in [0.1, 0.15) is 14.1 Å². The molecule has 1 amide bonds. The van der Waals surface area contributed by atoms with Gasteiger partial charge in [-0.2, -0.15) is 0 Å². The lowest BCUT2D eigenvalue weighted by molar-refractivity contribution is 0.0728. The molecule has 0 atom stereocenters. The number of aryl methyl sites for hydroxylation is 2. The SMILES string of the molecule is Cc1cccc(NS(=O)(=O)c2cc(-c3nc(C)c(C(=O)N4CCCCC4)s3)cs2)c1C. The van der Waals surface area contributed by atoms with Crippen LogP contribution < -0.4 is 4.72 Å². The fourth-order valence-electron chi connectivity index (χ4n) is 3.59. The third-order valence-electron chi connectivity index (χ3n) is 5.57. The number of thiazole rings is 1. The first-order chi connectivity index (χ1) is 14.8. The lowest BCUT2D eigenvalue weighted by Crippen LogP contribution is -2.35. The summed E-state index contributed by atoms with van der Waals surface area (Å²) in [6, 6.07) is 7.17. The van der Waals surface area contributed by atoms with Crippen LogP contribution in [0.15, 0.2) is 33.9 Å². The molecule has 2 aromatic heterocycles. The zero-order valence-corrected chi connectivity index (χ0v) is 20.2. The molecule has 0 radical (unpaired) electrons. The second-order valence-corrected chi connectivity index (χ2v) is 11.6. The fourth-order valence-corrected chi connectivity index (χ4v) is 6.97. The number of nitrogens with zero attached hydrogens (tertiary/aromatic N) is 2. The van der Waals surface area contributed by atoms with Crippen molar-refractivity contribution >= 4 is 44.3 Å². The van der Waals surface area contributed by atoms with Crippen LogP contribution in [0.25, 0.3) is 10.6 Å². The maximum atomic E-state index is 12.9. The maximum Gasteiger partial charge on any atom is 0.271 e. The van der Waals surface area contributed by atoms with E-state index in [1.54, 1.807) is 17.5 Å². The topological polar surface area (TPSA) is 79.4 Å². The van der Waals surface area contributed by atoms with Crippen molar-refractivity contribution in [3.8, 4) is 10.6 Å². The Bertz CT molecular complexity index is 1220. The number of carbonyl (C=O) groups is 1. The van der Waals surface area contributed by atoms with E-state index in [-0.39, 0.29) is 10.1 Å². The van der Waals surface area contributed by atoms with Crippen molar-refractivity contribution < 1.29 is 13.2 Å². The lowest BCUT2D eigenvalue weighted by atomic mass is 10.1. The molecule has 0 aliphatic carbocycles. The highest BCUT2D eigenvalue weighted by atomic mass is 32.2. The van der Waals surface area contributed by atoms with Gasteiger partial charge in [-0.3, -0.25) is 9.52 Å². The smallest absolute Gasteiger partial charge is 0.271 e. The molecule has 0 saturated carbocycles. The van der Waals surface area contributed by atoms with Gasteiger partial charge in [-0.15, -0.1) is 22.7 Å². The molecule has 3 heterocycles. The molecule has 0 unspecified atom stereocenters. The van der Waals surface area contributed by atoms with Crippen molar-refractivity contribution in [1.82, 2.24) is 9.88 Å². The number of nitrogens with one attached hydrogen (secondary N) is 1. The lowest BCUT2D eigenvalue weighted by Gasteiger charge is -2.26. The van der Waals surface area contributed by atoms with Crippen LogP contribution in [0, 0.1) is 20.8 Å². The van der Waals surface area contributed by atoms with Crippen LogP contribution in [0.3, 0.4) is 0 Å². The number of sulfonamides is 1. The van der Waals surface area contributed by atoms with E-state index in [0.29, 0.717) is 21.3 Å². The number of hydrogen-bond acceptors (Lipinski definition) is 6. The van der Waals surface area contributed by atoms with Gasteiger partial charge < -0.3 is 4.90 Å². The predicted octanol–water partition coefficient (Wildman–Crippen LogP) is 5.22. The molecule has 3 aromatic rings. The van der Waals surface area contributed by atoms with Crippen LogP contribution in [-0.2, 0) is 10.0 Å². The average molecular weight is 476 g/mol. The first kappa shape index (κ1) is 22.0. The number of piperidine rings is 1. The summed E-state index contributed by atoms with van der Waals surface area (Å²) in [7, 11) is -3.71. The molecule has 9 heteroatoms. The zero-order valence-electron chi connectivity index (χ0n) is 17.8. The molecule has 1 aliphatic rings. The van der Waals surface area contributed by atoms with Gasteiger partial charge in [-0.1, -0.05) is 12.1 Å². The summed E-state index contributed by atoms with van der Waals surface area (Å²) in [4.78, 5) is 20.0. The van der Waals surface area contributed by atoms with E-state index in [9.17, 15) is 13.2 Å². The Balaban J connectivity index is 1.57. The third kappa shape index (κ3) is 4.53. The Labute approximate surface area is 191 Å². The molecular weight excluding hydrogens is 450 g/mol. The van der Waals surface area contributed by atoms with Crippen molar-refractivity contribution in [3.63, 3.8) is 0 Å². The number of amides is 1. The van der Waals surface area contributed by atoms with Gasteiger partial charge >= 0.3 is 0 Å². The van der Waals surface area contributed by atoms with Crippen LogP contribution in [0.2, 0.25) is 0 Å². The first-order valence-electron chi connectivity index (χ1n) is 10.2. The summed E-state index contributed by atoms with van der Waals surface area (Å²) in [5, 5.41) is 2.45. The summed E-state index contributed by atoms with van der Waals surface area (Å²) < 4.78 is 28.7. The first-order valence-corrected chi connectivity index (χ1v) is 13.4. The molecule has 1 aromatic carbocycles. The molecule has 1 saturated heterocycles. The summed E-state index contributed by atoms with van der Waals surface area (Å²) >= 11 is 2.49. The number of rotatable bonds is 5. The fraction of sp³-hybridized carbons (Fsp3) is 0.364. The highest BCUT2D eigenvalue weighted by Crippen LogP contribution is 2.34. The number of anilines is 1.